The first-order valence-electron chi connectivity index (χ1n) is 7.25. The van der Waals surface area contributed by atoms with Gasteiger partial charge in [-0.05, 0) is 50.1 Å². The molecule has 0 aromatic heterocycles. The number of amides is 1. The number of carbonyl (C=O) groups excluding carboxylic acids is 1. The molecule has 22 heavy (non-hydrogen) atoms. The maximum absolute atomic E-state index is 12.2. The molecule has 0 heterocycles. The Kier molecular flexibility index (Phi) is 5.45. The van der Waals surface area contributed by atoms with Gasteiger partial charge >= 0.3 is 0 Å². The van der Waals surface area contributed by atoms with Gasteiger partial charge in [0.2, 0.25) is 0 Å². The molecule has 2 atom stereocenters. The Morgan fingerprint density at radius 1 is 1.14 bits per heavy atom. The molecule has 1 N–H and O–H groups in total. The number of hydrogen-bond acceptors (Lipinski definition) is 2. The van der Waals surface area contributed by atoms with Crippen LogP contribution in [0, 0.1) is 6.92 Å². The van der Waals surface area contributed by atoms with Gasteiger partial charge < -0.3 is 10.1 Å². The third-order valence-electron chi connectivity index (χ3n) is 3.47. The predicted molar refractivity (Wildman–Crippen MR) is 89.3 cm³/mol. The number of hydrogen-bond donors (Lipinski definition) is 1. The maximum atomic E-state index is 12.2. The molecule has 2 rings (SSSR count). The number of nitrogens with one attached hydrogen (secondary N) is 1. The van der Waals surface area contributed by atoms with Crippen molar-refractivity contribution in [1.82, 2.24) is 5.32 Å². The van der Waals surface area contributed by atoms with Crippen molar-refractivity contribution in [3.63, 3.8) is 0 Å². The Labute approximate surface area is 136 Å². The molecule has 116 valence electrons. The van der Waals surface area contributed by atoms with Gasteiger partial charge in [0, 0.05) is 5.02 Å². The third-order valence-corrected chi connectivity index (χ3v) is 3.70. The van der Waals surface area contributed by atoms with Gasteiger partial charge in [0.25, 0.3) is 5.91 Å². The molecule has 0 aliphatic carbocycles. The number of benzene rings is 2. The summed E-state index contributed by atoms with van der Waals surface area (Å²) in [5.74, 6) is 0.519. The highest BCUT2D eigenvalue weighted by Gasteiger charge is 2.18. The summed E-state index contributed by atoms with van der Waals surface area (Å²) in [7, 11) is 0. The van der Waals surface area contributed by atoms with E-state index >= 15 is 0 Å². The molecule has 0 saturated carbocycles. The van der Waals surface area contributed by atoms with Crippen molar-refractivity contribution >= 4 is 17.5 Å². The highest BCUT2D eigenvalue weighted by molar-refractivity contribution is 6.30. The number of carbonyl (C=O) groups is 1. The zero-order chi connectivity index (χ0) is 16.1. The van der Waals surface area contributed by atoms with E-state index in [0.717, 1.165) is 11.1 Å². The molecule has 0 aliphatic rings. The Morgan fingerprint density at radius 3 is 2.45 bits per heavy atom. The standard InChI is InChI=1S/C18H20ClNO2/c1-12-11-16(19)9-10-17(12)22-14(3)18(21)20-13(2)15-7-5-4-6-8-15/h4-11,13-14H,1-3H3,(H,20,21)/t13-,14-/m0/s1. The summed E-state index contributed by atoms with van der Waals surface area (Å²) in [6.07, 6.45) is -0.578. The number of halogens is 1. The zero-order valence-corrected chi connectivity index (χ0v) is 13.7. The van der Waals surface area contributed by atoms with E-state index in [4.69, 9.17) is 16.3 Å². The van der Waals surface area contributed by atoms with E-state index in [1.807, 2.05) is 50.2 Å². The van der Waals surface area contributed by atoms with Gasteiger partial charge in [-0.1, -0.05) is 41.9 Å². The van der Waals surface area contributed by atoms with Gasteiger partial charge in [-0.2, -0.15) is 0 Å². The molecule has 0 radical (unpaired) electrons. The topological polar surface area (TPSA) is 38.3 Å². The van der Waals surface area contributed by atoms with Crippen LogP contribution < -0.4 is 10.1 Å². The second kappa shape index (κ2) is 7.32. The summed E-state index contributed by atoms with van der Waals surface area (Å²) in [6.45, 7) is 5.59. The predicted octanol–water partition coefficient (Wildman–Crippen LogP) is 4.29. The summed E-state index contributed by atoms with van der Waals surface area (Å²) in [6, 6.07) is 15.1. The van der Waals surface area contributed by atoms with Crippen LogP contribution >= 0.6 is 11.6 Å². The molecule has 0 spiro atoms. The summed E-state index contributed by atoms with van der Waals surface area (Å²) < 4.78 is 5.73. The third kappa shape index (κ3) is 4.25. The Morgan fingerprint density at radius 2 is 1.82 bits per heavy atom. The largest absolute Gasteiger partial charge is 0.481 e. The summed E-state index contributed by atoms with van der Waals surface area (Å²) in [5.41, 5.74) is 1.97. The molecule has 0 bridgehead atoms. The van der Waals surface area contributed by atoms with E-state index in [9.17, 15) is 4.79 Å². The van der Waals surface area contributed by atoms with Crippen molar-refractivity contribution in [2.24, 2.45) is 0 Å². The summed E-state index contributed by atoms with van der Waals surface area (Å²) in [5, 5.41) is 3.61. The van der Waals surface area contributed by atoms with Crippen molar-refractivity contribution in [3.05, 3.63) is 64.7 Å². The minimum atomic E-state index is -0.578. The van der Waals surface area contributed by atoms with Crippen LogP contribution in [0.4, 0.5) is 0 Å². The smallest absolute Gasteiger partial charge is 0.261 e. The molecule has 0 saturated heterocycles. The zero-order valence-electron chi connectivity index (χ0n) is 13.0. The van der Waals surface area contributed by atoms with E-state index in [0.29, 0.717) is 10.8 Å². The van der Waals surface area contributed by atoms with Gasteiger partial charge in [-0.3, -0.25) is 4.79 Å². The Balaban J connectivity index is 1.97. The molecular weight excluding hydrogens is 298 g/mol. The van der Waals surface area contributed by atoms with Gasteiger partial charge in [0.1, 0.15) is 5.75 Å². The SMILES string of the molecule is Cc1cc(Cl)ccc1O[C@@H](C)C(=O)N[C@@H](C)c1ccccc1. The number of rotatable bonds is 5. The first-order chi connectivity index (χ1) is 10.5. The van der Waals surface area contributed by atoms with Crippen molar-refractivity contribution in [2.45, 2.75) is 32.9 Å². The first kappa shape index (κ1) is 16.4. The summed E-state index contributed by atoms with van der Waals surface area (Å²) >= 11 is 5.92. The normalized spacial score (nSPS) is 13.3. The van der Waals surface area contributed by atoms with Crippen LogP contribution in [-0.4, -0.2) is 12.0 Å². The lowest BCUT2D eigenvalue weighted by molar-refractivity contribution is -0.127. The van der Waals surface area contributed by atoms with Crippen LogP contribution in [0.5, 0.6) is 5.75 Å². The fraction of sp³-hybridized carbons (Fsp3) is 0.278. The van der Waals surface area contributed by atoms with Gasteiger partial charge in [-0.25, -0.2) is 0 Å². The van der Waals surface area contributed by atoms with Crippen LogP contribution in [0.3, 0.4) is 0 Å². The average molecular weight is 318 g/mol. The maximum Gasteiger partial charge on any atom is 0.261 e. The second-order valence-corrected chi connectivity index (χ2v) is 5.75. The van der Waals surface area contributed by atoms with Crippen LogP contribution in [0.1, 0.15) is 31.0 Å². The summed E-state index contributed by atoms with van der Waals surface area (Å²) in [4.78, 5) is 12.2. The minimum Gasteiger partial charge on any atom is -0.481 e. The van der Waals surface area contributed by atoms with E-state index in [1.165, 1.54) is 0 Å². The molecular formula is C18H20ClNO2. The minimum absolute atomic E-state index is 0.0638. The average Bonchev–Trinajstić information content (AvgIpc) is 2.50. The Hall–Kier alpha value is -2.00. The van der Waals surface area contributed by atoms with E-state index < -0.39 is 6.10 Å². The van der Waals surface area contributed by atoms with Crippen molar-refractivity contribution in [2.75, 3.05) is 0 Å². The lowest BCUT2D eigenvalue weighted by atomic mass is 10.1. The van der Waals surface area contributed by atoms with Crippen LogP contribution in [-0.2, 0) is 4.79 Å². The van der Waals surface area contributed by atoms with E-state index in [1.54, 1.807) is 19.1 Å². The molecule has 2 aromatic rings. The fourth-order valence-electron chi connectivity index (χ4n) is 2.14. The fourth-order valence-corrected chi connectivity index (χ4v) is 2.37. The van der Waals surface area contributed by atoms with E-state index in [2.05, 4.69) is 5.32 Å². The lowest BCUT2D eigenvalue weighted by Crippen LogP contribution is -2.37. The van der Waals surface area contributed by atoms with E-state index in [-0.39, 0.29) is 11.9 Å². The van der Waals surface area contributed by atoms with Crippen LogP contribution in [0.25, 0.3) is 0 Å². The number of aryl methyl sites for hydroxylation is 1. The van der Waals surface area contributed by atoms with Gasteiger partial charge in [0.05, 0.1) is 6.04 Å². The molecule has 0 unspecified atom stereocenters. The van der Waals surface area contributed by atoms with Crippen molar-refractivity contribution in [1.29, 1.82) is 0 Å². The van der Waals surface area contributed by atoms with Crippen molar-refractivity contribution in [3.8, 4) is 5.75 Å². The van der Waals surface area contributed by atoms with Gasteiger partial charge in [-0.15, -0.1) is 0 Å². The number of ether oxygens (including phenoxy) is 1. The monoisotopic (exact) mass is 317 g/mol. The van der Waals surface area contributed by atoms with Crippen molar-refractivity contribution < 1.29 is 9.53 Å². The molecule has 0 fully saturated rings. The molecule has 3 nitrogen and oxygen atoms in total. The van der Waals surface area contributed by atoms with Crippen LogP contribution in [0.2, 0.25) is 5.02 Å². The molecule has 2 aromatic carbocycles. The lowest BCUT2D eigenvalue weighted by Gasteiger charge is -2.20. The van der Waals surface area contributed by atoms with Crippen LogP contribution in [0.15, 0.2) is 48.5 Å². The second-order valence-electron chi connectivity index (χ2n) is 5.31. The highest BCUT2D eigenvalue weighted by atomic mass is 35.5. The molecule has 0 aliphatic heterocycles. The highest BCUT2D eigenvalue weighted by Crippen LogP contribution is 2.23. The first-order valence-corrected chi connectivity index (χ1v) is 7.63. The van der Waals surface area contributed by atoms with Gasteiger partial charge in [0.15, 0.2) is 6.10 Å². The molecule has 1 amide bonds. The Bertz CT molecular complexity index is 643. The quantitative estimate of drug-likeness (QED) is 0.893. The molecule has 4 heteroatoms.